The highest BCUT2D eigenvalue weighted by Crippen LogP contribution is 2.06. The van der Waals surface area contributed by atoms with Crippen LogP contribution >= 0.6 is 11.6 Å². The minimum atomic E-state index is -0.190. The van der Waals surface area contributed by atoms with Crippen LogP contribution in [-0.2, 0) is 0 Å². The van der Waals surface area contributed by atoms with E-state index in [4.69, 9.17) is 18.0 Å². The molecular weight excluding hydrogens is 200 g/mol. The summed E-state index contributed by atoms with van der Waals surface area (Å²) < 4.78 is 0. The predicted molar refractivity (Wildman–Crippen MR) is 55.0 cm³/mol. The molecule has 0 fully saturated rings. The highest BCUT2D eigenvalue weighted by atomic mass is 35.5. The van der Waals surface area contributed by atoms with E-state index in [9.17, 15) is 4.79 Å². The molecule has 0 saturated carbocycles. The van der Waals surface area contributed by atoms with Crippen LogP contribution in [0.5, 0.6) is 0 Å². The van der Waals surface area contributed by atoms with E-state index >= 15 is 0 Å². The molecule has 0 aliphatic rings. The molecule has 0 aromatic carbocycles. The van der Waals surface area contributed by atoms with E-state index in [1.54, 1.807) is 6.07 Å². The van der Waals surface area contributed by atoms with E-state index < -0.39 is 0 Å². The Labute approximate surface area is 87.5 Å². The van der Waals surface area contributed by atoms with Gasteiger partial charge in [0.15, 0.2) is 0 Å². The first kappa shape index (κ1) is 10.6. The first-order valence-electron chi connectivity index (χ1n) is 4.07. The van der Waals surface area contributed by atoms with Gasteiger partial charge in [-0.25, -0.2) is 4.98 Å². The van der Waals surface area contributed by atoms with Crippen molar-refractivity contribution in [3.05, 3.63) is 29.0 Å². The van der Waals surface area contributed by atoms with Crippen molar-refractivity contribution in [3.63, 3.8) is 0 Å². The predicted octanol–water partition coefficient (Wildman–Crippen LogP) is 1.49. The molecule has 1 aromatic rings. The number of terminal acetylenes is 1. The average Bonchev–Trinajstić information content (AvgIpc) is 2.18. The summed E-state index contributed by atoms with van der Waals surface area (Å²) in [4.78, 5) is 15.2. The fraction of sp³-hybridized carbons (Fsp3) is 0.200. The number of amides is 1. The Morgan fingerprint density at radius 2 is 2.50 bits per heavy atom. The second-order valence-electron chi connectivity index (χ2n) is 2.58. The normalized spacial score (nSPS) is 9.14. The number of aromatic nitrogens is 1. The molecule has 3 nitrogen and oxygen atoms in total. The van der Waals surface area contributed by atoms with Gasteiger partial charge in [0.25, 0.3) is 5.91 Å². The van der Waals surface area contributed by atoms with Crippen LogP contribution in [0.15, 0.2) is 18.3 Å². The third kappa shape index (κ3) is 3.08. The van der Waals surface area contributed by atoms with E-state index in [0.29, 0.717) is 23.7 Å². The number of rotatable bonds is 3. The third-order valence-corrected chi connectivity index (χ3v) is 1.75. The van der Waals surface area contributed by atoms with Crippen molar-refractivity contribution in [1.82, 2.24) is 10.3 Å². The lowest BCUT2D eigenvalue weighted by molar-refractivity contribution is 0.0954. The second kappa shape index (κ2) is 5.25. The Hall–Kier alpha value is -1.53. The van der Waals surface area contributed by atoms with Crippen LogP contribution in [0, 0.1) is 12.3 Å². The second-order valence-corrected chi connectivity index (χ2v) is 2.96. The molecule has 4 heteroatoms. The van der Waals surface area contributed by atoms with Crippen LogP contribution < -0.4 is 5.32 Å². The van der Waals surface area contributed by atoms with E-state index in [0.717, 1.165) is 0 Å². The lowest BCUT2D eigenvalue weighted by Gasteiger charge is -2.02. The zero-order chi connectivity index (χ0) is 10.4. The van der Waals surface area contributed by atoms with E-state index in [2.05, 4.69) is 16.2 Å². The molecule has 1 amide bonds. The first-order chi connectivity index (χ1) is 6.74. The summed E-state index contributed by atoms with van der Waals surface area (Å²) >= 11 is 5.63. The number of hydrogen-bond donors (Lipinski definition) is 1. The zero-order valence-corrected chi connectivity index (χ0v) is 8.21. The van der Waals surface area contributed by atoms with Gasteiger partial charge in [-0.1, -0.05) is 11.6 Å². The van der Waals surface area contributed by atoms with Gasteiger partial charge in [0, 0.05) is 24.7 Å². The lowest BCUT2D eigenvalue weighted by Crippen LogP contribution is -2.24. The van der Waals surface area contributed by atoms with E-state index in [1.165, 1.54) is 12.3 Å². The van der Waals surface area contributed by atoms with Crippen molar-refractivity contribution in [2.24, 2.45) is 0 Å². The van der Waals surface area contributed by atoms with Crippen molar-refractivity contribution in [2.45, 2.75) is 6.42 Å². The van der Waals surface area contributed by atoms with Gasteiger partial charge in [0.1, 0.15) is 5.15 Å². The summed E-state index contributed by atoms with van der Waals surface area (Å²) in [6, 6.07) is 3.10. The molecule has 0 bridgehead atoms. The zero-order valence-electron chi connectivity index (χ0n) is 7.46. The molecule has 0 aliphatic carbocycles. The molecule has 0 aliphatic heterocycles. The third-order valence-electron chi connectivity index (χ3n) is 1.54. The minimum Gasteiger partial charge on any atom is -0.351 e. The topological polar surface area (TPSA) is 42.0 Å². The first-order valence-corrected chi connectivity index (χ1v) is 4.45. The van der Waals surface area contributed by atoms with Crippen molar-refractivity contribution in [3.8, 4) is 12.3 Å². The van der Waals surface area contributed by atoms with E-state index in [1.807, 2.05) is 0 Å². The lowest BCUT2D eigenvalue weighted by atomic mass is 10.2. The summed E-state index contributed by atoms with van der Waals surface area (Å²) in [6.45, 7) is 0.468. The number of halogens is 1. The van der Waals surface area contributed by atoms with Crippen LogP contribution in [0.1, 0.15) is 16.8 Å². The molecule has 0 unspecified atom stereocenters. The number of nitrogens with one attached hydrogen (secondary N) is 1. The van der Waals surface area contributed by atoms with Crippen LogP contribution in [0.25, 0.3) is 0 Å². The Balaban J connectivity index is 2.57. The molecule has 1 N–H and O–H groups in total. The molecule has 0 atom stereocenters. The van der Waals surface area contributed by atoms with Crippen molar-refractivity contribution in [1.29, 1.82) is 0 Å². The highest BCUT2D eigenvalue weighted by Gasteiger charge is 2.04. The quantitative estimate of drug-likeness (QED) is 0.465. The Kier molecular flexibility index (Phi) is 3.96. The number of nitrogens with zero attached hydrogens (tertiary/aromatic N) is 1. The fourth-order valence-corrected chi connectivity index (χ4v) is 1.07. The molecule has 0 spiro atoms. The molecular formula is C10H9ClN2O. The van der Waals surface area contributed by atoms with Gasteiger partial charge in [-0.15, -0.1) is 12.3 Å². The maximum atomic E-state index is 11.4. The maximum Gasteiger partial charge on any atom is 0.251 e. The van der Waals surface area contributed by atoms with Gasteiger partial charge in [-0.05, 0) is 12.1 Å². The van der Waals surface area contributed by atoms with Gasteiger partial charge < -0.3 is 5.32 Å². The number of carbonyl (C=O) groups is 1. The Bertz CT molecular complexity index is 371. The SMILES string of the molecule is C#CCCNC(=O)c1ccnc(Cl)c1. The van der Waals surface area contributed by atoms with Crippen LogP contribution in [0.4, 0.5) is 0 Å². The molecule has 1 rings (SSSR count). The standard InChI is InChI=1S/C10H9ClN2O/c1-2-3-5-13-10(14)8-4-6-12-9(11)7-8/h1,4,6-7H,3,5H2,(H,13,14). The van der Waals surface area contributed by atoms with Gasteiger partial charge >= 0.3 is 0 Å². The fourth-order valence-electron chi connectivity index (χ4n) is 0.894. The molecule has 0 radical (unpaired) electrons. The van der Waals surface area contributed by atoms with Gasteiger partial charge in [-0.2, -0.15) is 0 Å². The van der Waals surface area contributed by atoms with Crippen molar-refractivity contribution >= 4 is 17.5 Å². The minimum absolute atomic E-state index is 0.190. The summed E-state index contributed by atoms with van der Waals surface area (Å²) in [7, 11) is 0. The smallest absolute Gasteiger partial charge is 0.251 e. The highest BCUT2D eigenvalue weighted by molar-refractivity contribution is 6.29. The number of pyridine rings is 1. The molecule has 14 heavy (non-hydrogen) atoms. The van der Waals surface area contributed by atoms with Gasteiger partial charge in [0.2, 0.25) is 0 Å². The molecule has 1 aromatic heterocycles. The summed E-state index contributed by atoms with van der Waals surface area (Å²) in [5.41, 5.74) is 0.488. The van der Waals surface area contributed by atoms with E-state index in [-0.39, 0.29) is 5.91 Å². The summed E-state index contributed by atoms with van der Waals surface area (Å²) in [5, 5.41) is 2.96. The number of hydrogen-bond acceptors (Lipinski definition) is 2. The van der Waals surface area contributed by atoms with Crippen LogP contribution in [-0.4, -0.2) is 17.4 Å². The van der Waals surface area contributed by atoms with Gasteiger partial charge in [0.05, 0.1) is 0 Å². The van der Waals surface area contributed by atoms with Gasteiger partial charge in [-0.3, -0.25) is 4.79 Å². The number of carbonyl (C=O) groups excluding carboxylic acids is 1. The molecule has 72 valence electrons. The monoisotopic (exact) mass is 208 g/mol. The molecule has 0 saturated heterocycles. The van der Waals surface area contributed by atoms with Crippen LogP contribution in [0.2, 0.25) is 5.15 Å². The summed E-state index contributed by atoms with van der Waals surface area (Å²) in [6.07, 6.45) is 7.05. The van der Waals surface area contributed by atoms with Crippen LogP contribution in [0.3, 0.4) is 0 Å². The van der Waals surface area contributed by atoms with Crippen molar-refractivity contribution < 1.29 is 4.79 Å². The Morgan fingerprint density at radius 3 is 3.14 bits per heavy atom. The maximum absolute atomic E-state index is 11.4. The van der Waals surface area contributed by atoms with Crippen molar-refractivity contribution in [2.75, 3.05) is 6.54 Å². The summed E-state index contributed by atoms with van der Waals surface area (Å²) in [5.74, 6) is 2.24. The Morgan fingerprint density at radius 1 is 1.71 bits per heavy atom. The average molecular weight is 209 g/mol. The largest absolute Gasteiger partial charge is 0.351 e. The molecule has 1 heterocycles.